The number of nitrogens with one attached hydrogen (secondary N) is 1. The van der Waals surface area contributed by atoms with E-state index in [2.05, 4.69) is 20.4 Å². The molecule has 1 amide bonds. The smallest absolute Gasteiger partial charge is 0.321 e. The van der Waals surface area contributed by atoms with Crippen LogP contribution in [0.25, 0.3) is 16.6 Å². The van der Waals surface area contributed by atoms with Gasteiger partial charge < -0.3 is 10.2 Å². The van der Waals surface area contributed by atoms with Gasteiger partial charge in [0.2, 0.25) is 0 Å². The summed E-state index contributed by atoms with van der Waals surface area (Å²) in [6, 6.07) is 11.1. The van der Waals surface area contributed by atoms with Crippen molar-refractivity contribution in [1.29, 1.82) is 0 Å². The first kappa shape index (κ1) is 22.0. The van der Waals surface area contributed by atoms with E-state index in [9.17, 15) is 18.0 Å². The van der Waals surface area contributed by atoms with E-state index in [1.165, 1.54) is 12.1 Å². The predicted octanol–water partition coefficient (Wildman–Crippen LogP) is 3.99. The molecule has 0 aliphatic carbocycles. The highest BCUT2D eigenvalue weighted by molar-refractivity contribution is 5.85. The first-order chi connectivity index (χ1) is 16.2. The molecule has 0 radical (unpaired) electrons. The van der Waals surface area contributed by atoms with E-state index >= 15 is 0 Å². The number of amides is 1. The fraction of sp³-hybridized carbons (Fsp3) is 0.292. The Balaban J connectivity index is 1.49. The molecule has 1 N–H and O–H groups in total. The van der Waals surface area contributed by atoms with Gasteiger partial charge in [-0.05, 0) is 48.9 Å². The maximum atomic E-state index is 13.6. The molecule has 0 bridgehead atoms. The first-order valence-electron chi connectivity index (χ1n) is 10.9. The SMILES string of the molecule is Cn1cc(C2C(NC(=O)C(C)(F)F)CCN2c2ccc3c(cnn3-c3ccc(F)cc3)c2)cn1. The summed E-state index contributed by atoms with van der Waals surface area (Å²) in [5, 5.41) is 12.1. The Kier molecular flexibility index (Phi) is 5.30. The second kappa shape index (κ2) is 8.19. The lowest BCUT2D eigenvalue weighted by Gasteiger charge is -2.30. The molecule has 2 unspecified atom stereocenters. The van der Waals surface area contributed by atoms with E-state index in [1.807, 2.05) is 24.4 Å². The molecule has 1 fully saturated rings. The summed E-state index contributed by atoms with van der Waals surface area (Å²) in [4.78, 5) is 14.1. The Labute approximate surface area is 193 Å². The van der Waals surface area contributed by atoms with E-state index in [1.54, 1.807) is 40.9 Å². The van der Waals surface area contributed by atoms with E-state index in [0.717, 1.165) is 27.8 Å². The van der Waals surface area contributed by atoms with Gasteiger partial charge in [-0.15, -0.1) is 0 Å². The molecular weight excluding hydrogens is 445 g/mol. The molecule has 176 valence electrons. The van der Waals surface area contributed by atoms with Crippen LogP contribution in [0.1, 0.15) is 24.9 Å². The number of aromatic nitrogens is 4. The van der Waals surface area contributed by atoms with Crippen molar-refractivity contribution >= 4 is 22.5 Å². The Morgan fingerprint density at radius 1 is 1.09 bits per heavy atom. The predicted molar refractivity (Wildman–Crippen MR) is 121 cm³/mol. The topological polar surface area (TPSA) is 68.0 Å². The van der Waals surface area contributed by atoms with Gasteiger partial charge in [-0.25, -0.2) is 9.07 Å². The zero-order valence-corrected chi connectivity index (χ0v) is 18.6. The van der Waals surface area contributed by atoms with Crippen LogP contribution in [0.2, 0.25) is 0 Å². The van der Waals surface area contributed by atoms with Gasteiger partial charge in [-0.2, -0.15) is 19.0 Å². The maximum Gasteiger partial charge on any atom is 0.321 e. The summed E-state index contributed by atoms with van der Waals surface area (Å²) in [6.45, 7) is 1.16. The van der Waals surface area contributed by atoms with Crippen molar-refractivity contribution in [3.63, 3.8) is 0 Å². The molecule has 0 spiro atoms. The summed E-state index contributed by atoms with van der Waals surface area (Å²) < 4.78 is 43.9. The molecule has 2 aromatic heterocycles. The fourth-order valence-electron chi connectivity index (χ4n) is 4.52. The molecule has 7 nitrogen and oxygen atoms in total. The fourth-order valence-corrected chi connectivity index (χ4v) is 4.52. The zero-order valence-electron chi connectivity index (χ0n) is 18.6. The van der Waals surface area contributed by atoms with Crippen molar-refractivity contribution in [2.45, 2.75) is 31.4 Å². The van der Waals surface area contributed by atoms with Gasteiger partial charge in [0.15, 0.2) is 0 Å². The molecule has 1 aliphatic rings. The Morgan fingerprint density at radius 2 is 1.82 bits per heavy atom. The van der Waals surface area contributed by atoms with Crippen LogP contribution >= 0.6 is 0 Å². The maximum absolute atomic E-state index is 13.6. The molecule has 1 aliphatic heterocycles. The third kappa shape index (κ3) is 4.00. The summed E-state index contributed by atoms with van der Waals surface area (Å²) in [6.07, 6.45) is 5.76. The van der Waals surface area contributed by atoms with Gasteiger partial charge in [0.05, 0.1) is 35.7 Å². The highest BCUT2D eigenvalue weighted by Crippen LogP contribution is 2.38. The summed E-state index contributed by atoms with van der Waals surface area (Å²) in [5.41, 5.74) is 3.29. The third-order valence-corrected chi connectivity index (χ3v) is 6.13. The molecule has 4 aromatic rings. The summed E-state index contributed by atoms with van der Waals surface area (Å²) in [7, 11) is 1.78. The number of carbonyl (C=O) groups excluding carboxylic acids is 1. The number of nitrogens with zero attached hydrogens (tertiary/aromatic N) is 5. The second-order valence-corrected chi connectivity index (χ2v) is 8.62. The number of aryl methyl sites for hydroxylation is 1. The van der Waals surface area contributed by atoms with Crippen molar-refractivity contribution in [2.24, 2.45) is 7.05 Å². The molecule has 3 heterocycles. The van der Waals surface area contributed by atoms with E-state index < -0.39 is 17.9 Å². The Hall–Kier alpha value is -3.82. The minimum Gasteiger partial charge on any atom is -0.362 e. The average Bonchev–Trinajstić information content (AvgIpc) is 3.51. The molecule has 2 atom stereocenters. The number of fused-ring (bicyclic) bond motifs is 1. The number of alkyl halides is 2. The van der Waals surface area contributed by atoms with Crippen LogP contribution in [-0.4, -0.2) is 44.0 Å². The largest absolute Gasteiger partial charge is 0.362 e. The van der Waals surface area contributed by atoms with Gasteiger partial charge in [-0.1, -0.05) is 0 Å². The van der Waals surface area contributed by atoms with E-state index in [-0.39, 0.29) is 11.9 Å². The highest BCUT2D eigenvalue weighted by Gasteiger charge is 2.41. The molecule has 1 saturated heterocycles. The Bertz CT molecular complexity index is 1340. The minimum absolute atomic E-state index is 0.319. The number of benzene rings is 2. The van der Waals surface area contributed by atoms with Gasteiger partial charge in [-0.3, -0.25) is 9.48 Å². The average molecular weight is 468 g/mol. The molecule has 5 rings (SSSR count). The lowest BCUT2D eigenvalue weighted by Crippen LogP contribution is -2.46. The van der Waals surface area contributed by atoms with Crippen molar-refractivity contribution in [1.82, 2.24) is 24.9 Å². The molecular formula is C24H23F3N6O. The number of rotatable bonds is 5. The number of carbonyl (C=O) groups is 1. The summed E-state index contributed by atoms with van der Waals surface area (Å²) >= 11 is 0. The van der Waals surface area contributed by atoms with E-state index in [4.69, 9.17) is 0 Å². The zero-order chi connectivity index (χ0) is 24.0. The quantitative estimate of drug-likeness (QED) is 0.481. The number of halogens is 3. The van der Waals surface area contributed by atoms with Crippen LogP contribution in [0.4, 0.5) is 18.9 Å². The van der Waals surface area contributed by atoms with Gasteiger partial charge >= 0.3 is 5.92 Å². The van der Waals surface area contributed by atoms with Crippen LogP contribution in [-0.2, 0) is 11.8 Å². The minimum atomic E-state index is -3.46. The third-order valence-electron chi connectivity index (χ3n) is 6.13. The number of hydrogen-bond acceptors (Lipinski definition) is 4. The van der Waals surface area contributed by atoms with Gasteiger partial charge in [0.1, 0.15) is 5.82 Å². The molecule has 34 heavy (non-hydrogen) atoms. The van der Waals surface area contributed by atoms with E-state index in [0.29, 0.717) is 19.9 Å². The van der Waals surface area contributed by atoms with Crippen LogP contribution in [0, 0.1) is 5.82 Å². The van der Waals surface area contributed by atoms with Crippen LogP contribution < -0.4 is 10.2 Å². The monoisotopic (exact) mass is 468 g/mol. The summed E-state index contributed by atoms with van der Waals surface area (Å²) in [5.74, 6) is -5.06. The van der Waals surface area contributed by atoms with Crippen LogP contribution in [0.3, 0.4) is 0 Å². The number of hydrogen-bond donors (Lipinski definition) is 1. The van der Waals surface area contributed by atoms with Crippen molar-refractivity contribution < 1.29 is 18.0 Å². The van der Waals surface area contributed by atoms with Crippen molar-refractivity contribution in [3.8, 4) is 5.69 Å². The highest BCUT2D eigenvalue weighted by atomic mass is 19.3. The Morgan fingerprint density at radius 3 is 2.50 bits per heavy atom. The second-order valence-electron chi connectivity index (χ2n) is 8.62. The lowest BCUT2D eigenvalue weighted by molar-refractivity contribution is -0.143. The van der Waals surface area contributed by atoms with Gasteiger partial charge in [0, 0.05) is 43.4 Å². The molecule has 10 heteroatoms. The van der Waals surface area contributed by atoms with Crippen molar-refractivity contribution in [3.05, 3.63) is 72.4 Å². The van der Waals surface area contributed by atoms with Crippen LogP contribution in [0.15, 0.2) is 61.1 Å². The molecule has 2 aromatic carbocycles. The first-order valence-corrected chi connectivity index (χ1v) is 10.9. The molecule has 0 saturated carbocycles. The van der Waals surface area contributed by atoms with Crippen molar-refractivity contribution in [2.75, 3.05) is 11.4 Å². The normalized spacial score (nSPS) is 18.6. The standard InChI is InChI=1S/C24H23F3N6O/c1-24(26,27)23(34)30-20-9-10-32(22(20)16-13-28-31(2)14-16)19-7-8-21-15(11-19)12-29-33(21)18-5-3-17(25)4-6-18/h3-8,11-14,20,22H,9-10H2,1-2H3,(H,30,34). The number of anilines is 1. The van der Waals surface area contributed by atoms with Gasteiger partial charge in [0.25, 0.3) is 5.91 Å². The lowest BCUT2D eigenvalue weighted by atomic mass is 10.0. The van der Waals surface area contributed by atoms with Crippen LogP contribution in [0.5, 0.6) is 0 Å².